The molecule has 3 rings (SSSR count). The van der Waals surface area contributed by atoms with Crippen LogP contribution in [-0.2, 0) is 11.2 Å². The summed E-state index contributed by atoms with van der Waals surface area (Å²) in [6.45, 7) is 11.7. The predicted octanol–water partition coefficient (Wildman–Crippen LogP) is 3.29. The molecule has 0 radical (unpaired) electrons. The van der Waals surface area contributed by atoms with Crippen molar-refractivity contribution in [3.63, 3.8) is 0 Å². The van der Waals surface area contributed by atoms with E-state index in [1.807, 2.05) is 11.0 Å². The number of carbonyl (C=O) groups excluding carboxylic acids is 1. The number of nitrogens with zero attached hydrogens (tertiary/aromatic N) is 3. The highest BCUT2D eigenvalue weighted by Gasteiger charge is 2.23. The Hall–Kier alpha value is -1.61. The topological polar surface area (TPSA) is 60.0 Å². The van der Waals surface area contributed by atoms with Crippen LogP contribution in [0.25, 0.3) is 0 Å². The predicted molar refractivity (Wildman–Crippen MR) is 144 cm³/mol. The molecule has 1 amide bonds. The second kappa shape index (κ2) is 14.5. The summed E-state index contributed by atoms with van der Waals surface area (Å²) in [6, 6.07) is 11.1. The smallest absolute Gasteiger partial charge is 0.244 e. The van der Waals surface area contributed by atoms with Gasteiger partial charge in [-0.05, 0) is 50.5 Å². The van der Waals surface area contributed by atoms with E-state index in [4.69, 9.17) is 0 Å². The zero-order valence-corrected chi connectivity index (χ0v) is 21.8. The Bertz CT molecular complexity index is 710. The first-order valence-electron chi connectivity index (χ1n) is 11.9. The van der Waals surface area contributed by atoms with Gasteiger partial charge in [-0.3, -0.25) is 9.69 Å². The van der Waals surface area contributed by atoms with Crippen LogP contribution in [-0.4, -0.2) is 73.5 Å². The molecule has 1 aromatic rings. The third kappa shape index (κ3) is 8.73. The Labute approximate surface area is 210 Å². The minimum absolute atomic E-state index is 0. The van der Waals surface area contributed by atoms with Crippen molar-refractivity contribution in [2.75, 3.05) is 45.8 Å². The molecule has 7 heteroatoms. The largest absolute Gasteiger partial charge is 0.357 e. The highest BCUT2D eigenvalue weighted by molar-refractivity contribution is 14.0. The molecule has 2 heterocycles. The van der Waals surface area contributed by atoms with Crippen molar-refractivity contribution in [1.29, 1.82) is 0 Å². The molecule has 2 N–H and O–H groups in total. The summed E-state index contributed by atoms with van der Waals surface area (Å²) in [6.07, 6.45) is 7.40. The maximum atomic E-state index is 12.7. The summed E-state index contributed by atoms with van der Waals surface area (Å²) in [5.74, 6) is 1.56. The molecule has 0 unspecified atom stereocenters. The molecule has 32 heavy (non-hydrogen) atoms. The summed E-state index contributed by atoms with van der Waals surface area (Å²) in [7, 11) is 0. The van der Waals surface area contributed by atoms with Gasteiger partial charge in [0.25, 0.3) is 0 Å². The third-order valence-corrected chi connectivity index (χ3v) is 6.37. The molecule has 0 spiro atoms. The standard InChI is InChI=1S/C25H39N5O.HI/c1-3-14-29-15-12-23(13-16-29)28-25(26-4-2)27-20-24(31)30-17-10-22(11-18-30)19-21-8-6-5-7-9-21;/h3,5-9,22-23H,1,4,10-20H2,2H3,(H2,26,27,28);1H. The monoisotopic (exact) mass is 553 g/mol. The minimum atomic E-state index is 0. The number of benzene rings is 1. The summed E-state index contributed by atoms with van der Waals surface area (Å²) in [4.78, 5) is 21.7. The SMILES string of the molecule is C=CCN1CCC(NC(=NCC(=O)N2CCC(Cc3ccccc3)CC2)NCC)CC1.I. The molecule has 0 saturated carbocycles. The van der Waals surface area contributed by atoms with Gasteiger partial charge < -0.3 is 15.5 Å². The Morgan fingerprint density at radius 1 is 1.12 bits per heavy atom. The molecule has 2 fully saturated rings. The second-order valence-corrected chi connectivity index (χ2v) is 8.72. The third-order valence-electron chi connectivity index (χ3n) is 6.37. The molecule has 1 aromatic carbocycles. The van der Waals surface area contributed by atoms with Crippen molar-refractivity contribution < 1.29 is 4.79 Å². The van der Waals surface area contributed by atoms with Crippen LogP contribution in [0.5, 0.6) is 0 Å². The van der Waals surface area contributed by atoms with Crippen LogP contribution in [0.4, 0.5) is 0 Å². The summed E-state index contributed by atoms with van der Waals surface area (Å²) >= 11 is 0. The van der Waals surface area contributed by atoms with Crippen LogP contribution < -0.4 is 10.6 Å². The highest BCUT2D eigenvalue weighted by atomic mass is 127. The van der Waals surface area contributed by atoms with Gasteiger partial charge in [-0.25, -0.2) is 4.99 Å². The molecule has 0 bridgehead atoms. The normalized spacial score (nSPS) is 18.7. The van der Waals surface area contributed by atoms with E-state index < -0.39 is 0 Å². The van der Waals surface area contributed by atoms with Crippen LogP contribution in [0.3, 0.4) is 0 Å². The molecule has 0 atom stereocenters. The number of nitrogens with one attached hydrogen (secondary N) is 2. The van der Waals surface area contributed by atoms with Gasteiger partial charge in [0.1, 0.15) is 6.54 Å². The van der Waals surface area contributed by atoms with Gasteiger partial charge in [0, 0.05) is 45.3 Å². The van der Waals surface area contributed by atoms with Gasteiger partial charge in [0.15, 0.2) is 5.96 Å². The lowest BCUT2D eigenvalue weighted by molar-refractivity contribution is -0.130. The van der Waals surface area contributed by atoms with Gasteiger partial charge >= 0.3 is 0 Å². The lowest BCUT2D eigenvalue weighted by atomic mass is 9.90. The first kappa shape index (κ1) is 26.6. The van der Waals surface area contributed by atoms with Crippen molar-refractivity contribution in [1.82, 2.24) is 20.4 Å². The van der Waals surface area contributed by atoms with Gasteiger partial charge in [-0.1, -0.05) is 36.4 Å². The number of likely N-dealkylation sites (tertiary alicyclic amines) is 2. The van der Waals surface area contributed by atoms with E-state index in [1.165, 1.54) is 5.56 Å². The van der Waals surface area contributed by atoms with Gasteiger partial charge in [-0.2, -0.15) is 0 Å². The van der Waals surface area contributed by atoms with Gasteiger partial charge in [0.05, 0.1) is 0 Å². The fourth-order valence-electron chi connectivity index (χ4n) is 4.54. The maximum Gasteiger partial charge on any atom is 0.244 e. The summed E-state index contributed by atoms with van der Waals surface area (Å²) in [5, 5.41) is 6.83. The van der Waals surface area contributed by atoms with Crippen molar-refractivity contribution in [2.45, 2.75) is 45.1 Å². The first-order chi connectivity index (χ1) is 15.2. The van der Waals surface area contributed by atoms with Crippen molar-refractivity contribution in [3.8, 4) is 0 Å². The average molecular weight is 554 g/mol. The lowest BCUT2D eigenvalue weighted by Crippen LogP contribution is -2.49. The molecule has 0 aliphatic carbocycles. The van der Waals surface area contributed by atoms with E-state index >= 15 is 0 Å². The van der Waals surface area contributed by atoms with E-state index in [0.29, 0.717) is 12.0 Å². The number of halogens is 1. The number of amides is 1. The highest BCUT2D eigenvalue weighted by Crippen LogP contribution is 2.21. The fourth-order valence-corrected chi connectivity index (χ4v) is 4.54. The number of rotatable bonds is 8. The van der Waals surface area contributed by atoms with E-state index in [2.05, 4.69) is 64.4 Å². The molecule has 0 aromatic heterocycles. The summed E-state index contributed by atoms with van der Waals surface area (Å²) < 4.78 is 0. The molecule has 2 aliphatic rings. The number of piperidine rings is 2. The number of hydrogen-bond acceptors (Lipinski definition) is 3. The van der Waals surface area contributed by atoms with E-state index in [1.54, 1.807) is 0 Å². The van der Waals surface area contributed by atoms with Crippen LogP contribution >= 0.6 is 24.0 Å². The van der Waals surface area contributed by atoms with E-state index in [9.17, 15) is 4.79 Å². The molecule has 2 aliphatic heterocycles. The number of aliphatic imine (C=N–C) groups is 1. The Morgan fingerprint density at radius 2 is 1.81 bits per heavy atom. The Morgan fingerprint density at radius 3 is 2.44 bits per heavy atom. The van der Waals surface area contributed by atoms with Crippen molar-refractivity contribution in [3.05, 3.63) is 48.6 Å². The van der Waals surface area contributed by atoms with Gasteiger partial charge in [0.2, 0.25) is 5.91 Å². The molecule has 6 nitrogen and oxygen atoms in total. The van der Waals surface area contributed by atoms with Crippen LogP contribution in [0.1, 0.15) is 38.2 Å². The average Bonchev–Trinajstić information content (AvgIpc) is 2.80. The Kier molecular flexibility index (Phi) is 12.1. The molecule has 2 saturated heterocycles. The second-order valence-electron chi connectivity index (χ2n) is 8.72. The van der Waals surface area contributed by atoms with Crippen LogP contribution in [0.2, 0.25) is 0 Å². The lowest BCUT2D eigenvalue weighted by Gasteiger charge is -2.33. The minimum Gasteiger partial charge on any atom is -0.357 e. The number of guanidine groups is 1. The Balaban J connectivity index is 0.00000363. The number of hydrogen-bond donors (Lipinski definition) is 2. The van der Waals surface area contributed by atoms with Crippen LogP contribution in [0.15, 0.2) is 48.0 Å². The van der Waals surface area contributed by atoms with Crippen molar-refractivity contribution in [2.24, 2.45) is 10.9 Å². The van der Waals surface area contributed by atoms with Crippen molar-refractivity contribution >= 4 is 35.8 Å². The van der Waals surface area contributed by atoms with E-state index in [0.717, 1.165) is 77.3 Å². The molecule has 178 valence electrons. The summed E-state index contributed by atoms with van der Waals surface area (Å²) in [5.41, 5.74) is 1.40. The number of carbonyl (C=O) groups is 1. The van der Waals surface area contributed by atoms with Gasteiger partial charge in [-0.15, -0.1) is 30.6 Å². The zero-order chi connectivity index (χ0) is 21.9. The quantitative estimate of drug-likeness (QED) is 0.225. The zero-order valence-electron chi connectivity index (χ0n) is 19.5. The fraction of sp³-hybridized carbons (Fsp3) is 0.600. The molecular weight excluding hydrogens is 513 g/mol. The molecular formula is C25H40IN5O. The van der Waals surface area contributed by atoms with Crippen LogP contribution in [0, 0.1) is 5.92 Å². The first-order valence-corrected chi connectivity index (χ1v) is 11.9. The maximum absolute atomic E-state index is 12.7. The van der Waals surface area contributed by atoms with E-state index in [-0.39, 0.29) is 36.4 Å².